The van der Waals surface area contributed by atoms with Crippen molar-refractivity contribution in [3.05, 3.63) is 33.4 Å². The molecule has 0 radical (unpaired) electrons. The first-order chi connectivity index (χ1) is 7.10. The summed E-state index contributed by atoms with van der Waals surface area (Å²) < 4.78 is 0. The highest BCUT2D eigenvalue weighted by atomic mass is 16.6. The Hall–Kier alpha value is -1.95. The molecule has 1 aromatic rings. The molecule has 0 aliphatic heterocycles. The number of anilines is 1. The van der Waals surface area contributed by atoms with Gasteiger partial charge in [-0.3, -0.25) is 10.1 Å². The Balaban J connectivity index is 3.31. The SMILES string of the molecule is N=Cc1cc(CCO)c([N+](=O)[O-])cc1N. The maximum Gasteiger partial charge on any atom is 0.274 e. The molecule has 0 aliphatic carbocycles. The molecule has 80 valence electrons. The summed E-state index contributed by atoms with van der Waals surface area (Å²) in [5.41, 5.74) is 6.40. The van der Waals surface area contributed by atoms with Gasteiger partial charge >= 0.3 is 0 Å². The van der Waals surface area contributed by atoms with Crippen LogP contribution in [0.3, 0.4) is 0 Å². The number of nitrogens with zero attached hydrogens (tertiary/aromatic N) is 1. The number of aliphatic hydroxyl groups is 1. The molecule has 6 nitrogen and oxygen atoms in total. The summed E-state index contributed by atoms with van der Waals surface area (Å²) in [6, 6.07) is 2.67. The molecule has 6 heteroatoms. The molecule has 1 rings (SSSR count). The second-order valence-electron chi connectivity index (χ2n) is 2.98. The summed E-state index contributed by atoms with van der Waals surface area (Å²) in [7, 11) is 0. The fourth-order valence-electron chi connectivity index (χ4n) is 1.28. The van der Waals surface area contributed by atoms with E-state index in [9.17, 15) is 10.1 Å². The summed E-state index contributed by atoms with van der Waals surface area (Å²) in [6.07, 6.45) is 1.21. The third-order valence-electron chi connectivity index (χ3n) is 2.02. The van der Waals surface area contributed by atoms with E-state index in [1.165, 1.54) is 12.1 Å². The average molecular weight is 209 g/mol. The lowest BCUT2D eigenvalue weighted by Crippen LogP contribution is -2.02. The lowest BCUT2D eigenvalue weighted by molar-refractivity contribution is -0.385. The molecule has 0 spiro atoms. The van der Waals surface area contributed by atoms with Gasteiger partial charge in [0, 0.05) is 42.1 Å². The van der Waals surface area contributed by atoms with Crippen molar-refractivity contribution in [2.75, 3.05) is 12.3 Å². The Morgan fingerprint density at radius 1 is 1.60 bits per heavy atom. The molecule has 0 aliphatic rings. The molecule has 0 unspecified atom stereocenters. The minimum atomic E-state index is -0.547. The van der Waals surface area contributed by atoms with Crippen LogP contribution in [-0.2, 0) is 6.42 Å². The van der Waals surface area contributed by atoms with Gasteiger partial charge in [-0.05, 0) is 6.07 Å². The van der Waals surface area contributed by atoms with E-state index in [0.717, 1.165) is 6.21 Å². The quantitative estimate of drug-likeness (QED) is 0.293. The molecule has 0 amide bonds. The topological polar surface area (TPSA) is 113 Å². The van der Waals surface area contributed by atoms with Crippen molar-refractivity contribution < 1.29 is 10.0 Å². The number of benzene rings is 1. The normalized spacial score (nSPS) is 9.93. The number of rotatable bonds is 4. The minimum Gasteiger partial charge on any atom is -0.398 e. The Kier molecular flexibility index (Phi) is 3.35. The second kappa shape index (κ2) is 4.52. The zero-order valence-corrected chi connectivity index (χ0v) is 7.93. The van der Waals surface area contributed by atoms with Gasteiger partial charge in [-0.2, -0.15) is 0 Å². The fourth-order valence-corrected chi connectivity index (χ4v) is 1.28. The van der Waals surface area contributed by atoms with Crippen LogP contribution in [0.15, 0.2) is 12.1 Å². The van der Waals surface area contributed by atoms with Crippen molar-refractivity contribution >= 4 is 17.6 Å². The van der Waals surface area contributed by atoms with Crippen LogP contribution in [0, 0.1) is 15.5 Å². The molecular formula is C9H11N3O3. The highest BCUT2D eigenvalue weighted by Crippen LogP contribution is 2.24. The van der Waals surface area contributed by atoms with Crippen molar-refractivity contribution in [1.82, 2.24) is 0 Å². The van der Waals surface area contributed by atoms with Crippen LogP contribution in [0.25, 0.3) is 0 Å². The summed E-state index contributed by atoms with van der Waals surface area (Å²) in [5, 5.41) is 26.5. The Labute approximate surface area is 86.0 Å². The molecular weight excluding hydrogens is 198 g/mol. The zero-order valence-electron chi connectivity index (χ0n) is 7.93. The van der Waals surface area contributed by atoms with Crippen LogP contribution in [0.1, 0.15) is 11.1 Å². The van der Waals surface area contributed by atoms with Gasteiger partial charge in [0.25, 0.3) is 5.69 Å². The van der Waals surface area contributed by atoms with Gasteiger partial charge in [0.1, 0.15) is 0 Å². The van der Waals surface area contributed by atoms with Crippen LogP contribution < -0.4 is 5.73 Å². The smallest absolute Gasteiger partial charge is 0.274 e. The molecule has 0 atom stereocenters. The molecule has 0 fully saturated rings. The van der Waals surface area contributed by atoms with Crippen LogP contribution in [-0.4, -0.2) is 22.9 Å². The summed E-state index contributed by atoms with van der Waals surface area (Å²) >= 11 is 0. The van der Waals surface area contributed by atoms with Gasteiger partial charge in [0.15, 0.2) is 0 Å². The maximum absolute atomic E-state index is 10.7. The third-order valence-corrected chi connectivity index (χ3v) is 2.02. The maximum atomic E-state index is 10.7. The Morgan fingerprint density at radius 3 is 2.73 bits per heavy atom. The predicted octanol–water partition coefficient (Wildman–Crippen LogP) is 0.709. The van der Waals surface area contributed by atoms with Crippen molar-refractivity contribution in [2.45, 2.75) is 6.42 Å². The third kappa shape index (κ3) is 2.29. The number of nitrogens with two attached hydrogens (primary N) is 1. The van der Waals surface area contributed by atoms with Gasteiger partial charge < -0.3 is 16.2 Å². The predicted molar refractivity (Wildman–Crippen MR) is 56.2 cm³/mol. The van der Waals surface area contributed by atoms with Gasteiger partial charge in [-0.25, -0.2) is 0 Å². The molecule has 0 saturated heterocycles. The van der Waals surface area contributed by atoms with Crippen molar-refractivity contribution in [1.29, 1.82) is 5.41 Å². The van der Waals surface area contributed by atoms with Crippen LogP contribution in [0.2, 0.25) is 0 Å². The van der Waals surface area contributed by atoms with Crippen molar-refractivity contribution in [3.8, 4) is 0 Å². The monoisotopic (exact) mass is 209 g/mol. The van der Waals surface area contributed by atoms with Crippen molar-refractivity contribution in [3.63, 3.8) is 0 Å². The molecule has 1 aromatic carbocycles. The number of aliphatic hydroxyl groups excluding tert-OH is 1. The molecule has 0 aromatic heterocycles. The van der Waals surface area contributed by atoms with Crippen LogP contribution in [0.4, 0.5) is 11.4 Å². The number of hydrogen-bond acceptors (Lipinski definition) is 5. The van der Waals surface area contributed by atoms with Crippen LogP contribution in [0.5, 0.6) is 0 Å². The lowest BCUT2D eigenvalue weighted by atomic mass is 10.0. The first-order valence-electron chi connectivity index (χ1n) is 4.28. The standard InChI is InChI=1S/C9H11N3O3/c10-5-7-3-6(1-2-13)9(12(14)15)4-8(7)11/h3-5,10,13H,1-2,11H2. The molecule has 4 N–H and O–H groups in total. The highest BCUT2D eigenvalue weighted by Gasteiger charge is 2.15. The molecule has 0 saturated carbocycles. The second-order valence-corrected chi connectivity index (χ2v) is 2.98. The van der Waals surface area contributed by atoms with Gasteiger partial charge in [0.05, 0.1) is 4.92 Å². The summed E-state index contributed by atoms with van der Waals surface area (Å²) in [5.74, 6) is 0. The minimum absolute atomic E-state index is 0.118. The largest absolute Gasteiger partial charge is 0.398 e. The van der Waals surface area contributed by atoms with Gasteiger partial charge in [0.2, 0.25) is 0 Å². The number of nitrogen functional groups attached to an aromatic ring is 1. The van der Waals surface area contributed by atoms with E-state index in [1.54, 1.807) is 0 Å². The fraction of sp³-hybridized carbons (Fsp3) is 0.222. The summed E-state index contributed by atoms with van der Waals surface area (Å²) in [6.45, 7) is -0.178. The number of nitrogens with one attached hydrogen (secondary N) is 1. The Morgan fingerprint density at radius 2 is 2.27 bits per heavy atom. The lowest BCUT2D eigenvalue weighted by Gasteiger charge is -2.05. The van der Waals surface area contributed by atoms with E-state index < -0.39 is 4.92 Å². The Bertz CT molecular complexity index is 404. The van der Waals surface area contributed by atoms with Gasteiger partial charge in [-0.1, -0.05) is 0 Å². The average Bonchev–Trinajstić information content (AvgIpc) is 2.20. The van der Waals surface area contributed by atoms with E-state index in [4.69, 9.17) is 16.2 Å². The van der Waals surface area contributed by atoms with E-state index in [-0.39, 0.29) is 24.4 Å². The van der Waals surface area contributed by atoms with E-state index >= 15 is 0 Å². The molecule has 15 heavy (non-hydrogen) atoms. The zero-order chi connectivity index (χ0) is 11.4. The van der Waals surface area contributed by atoms with E-state index in [2.05, 4.69) is 0 Å². The van der Waals surface area contributed by atoms with Gasteiger partial charge in [-0.15, -0.1) is 0 Å². The van der Waals surface area contributed by atoms with E-state index in [1.807, 2.05) is 0 Å². The number of nitro groups is 1. The van der Waals surface area contributed by atoms with Crippen molar-refractivity contribution in [2.24, 2.45) is 0 Å². The first kappa shape index (κ1) is 11.1. The molecule has 0 bridgehead atoms. The first-order valence-corrected chi connectivity index (χ1v) is 4.28. The van der Waals surface area contributed by atoms with Crippen LogP contribution >= 0.6 is 0 Å². The van der Waals surface area contributed by atoms with E-state index in [0.29, 0.717) is 11.1 Å². The summed E-state index contributed by atoms with van der Waals surface area (Å²) in [4.78, 5) is 10.1. The highest BCUT2D eigenvalue weighted by molar-refractivity contribution is 5.86. The molecule has 0 heterocycles. The number of hydrogen-bond donors (Lipinski definition) is 3. The number of nitro benzene ring substituents is 1.